The third-order valence-electron chi connectivity index (χ3n) is 5.94. The van der Waals surface area contributed by atoms with Gasteiger partial charge in [-0.15, -0.1) is 0 Å². The Labute approximate surface area is 186 Å². The van der Waals surface area contributed by atoms with Gasteiger partial charge in [0.25, 0.3) is 0 Å². The van der Waals surface area contributed by atoms with Crippen LogP contribution in [0.3, 0.4) is 0 Å². The number of unbranched alkanes of at least 4 members (excludes halogenated alkanes) is 6. The average Bonchev–Trinajstić information content (AvgIpc) is 3.33. The molecule has 8 nitrogen and oxygen atoms in total. The zero-order valence-electron chi connectivity index (χ0n) is 19.6. The highest BCUT2D eigenvalue weighted by Gasteiger charge is 2.59. The van der Waals surface area contributed by atoms with Crippen molar-refractivity contribution in [2.24, 2.45) is 0 Å². The average molecular weight is 445 g/mol. The fourth-order valence-corrected chi connectivity index (χ4v) is 4.13. The monoisotopic (exact) mass is 444 g/mol. The van der Waals surface area contributed by atoms with Crippen LogP contribution in [-0.2, 0) is 38.0 Å². The van der Waals surface area contributed by atoms with E-state index in [4.69, 9.17) is 28.4 Å². The lowest BCUT2D eigenvalue weighted by molar-refractivity contribution is -0.227. The molecule has 0 saturated carbocycles. The fraction of sp³-hybridized carbons (Fsp3) is 0.913. The molecule has 0 aromatic heterocycles. The lowest BCUT2D eigenvalue weighted by Crippen LogP contribution is -2.36. The Morgan fingerprint density at radius 1 is 0.742 bits per heavy atom. The van der Waals surface area contributed by atoms with Crippen LogP contribution >= 0.6 is 0 Å². The summed E-state index contributed by atoms with van der Waals surface area (Å²) in [7, 11) is 3.05. The molecule has 2 heterocycles. The van der Waals surface area contributed by atoms with Crippen molar-refractivity contribution >= 4 is 11.9 Å². The lowest BCUT2D eigenvalue weighted by Gasteiger charge is -2.23. The molecule has 2 aliphatic heterocycles. The molecule has 31 heavy (non-hydrogen) atoms. The van der Waals surface area contributed by atoms with Crippen molar-refractivity contribution < 1.29 is 38.0 Å². The van der Waals surface area contributed by atoms with Gasteiger partial charge in [-0.3, -0.25) is 0 Å². The highest BCUT2D eigenvalue weighted by Crippen LogP contribution is 2.44. The van der Waals surface area contributed by atoms with Gasteiger partial charge in [-0.2, -0.15) is 0 Å². The van der Waals surface area contributed by atoms with Gasteiger partial charge in [-0.25, -0.2) is 9.59 Å². The molecule has 0 aromatic rings. The number of rotatable bonds is 14. The zero-order valence-corrected chi connectivity index (χ0v) is 19.6. The number of carbonyl (C=O) groups excluding carboxylic acids is 2. The molecule has 1 spiro atoms. The van der Waals surface area contributed by atoms with E-state index in [0.717, 1.165) is 51.4 Å². The van der Waals surface area contributed by atoms with E-state index in [1.54, 1.807) is 0 Å². The SMILES string of the molecule is CCCCCCOC(=O)[C@H]1OC2(C[C@H]1OC)C[C@@H](OC)[C@@H](C(=O)OCCCCCC)O2. The maximum Gasteiger partial charge on any atom is 0.338 e. The molecule has 0 amide bonds. The lowest BCUT2D eigenvalue weighted by atomic mass is 10.0. The first-order chi connectivity index (χ1) is 15.0. The van der Waals surface area contributed by atoms with Gasteiger partial charge in [0.15, 0.2) is 18.0 Å². The second kappa shape index (κ2) is 13.4. The zero-order chi connectivity index (χ0) is 22.7. The first-order valence-electron chi connectivity index (χ1n) is 11.7. The van der Waals surface area contributed by atoms with Gasteiger partial charge in [0.05, 0.1) is 25.4 Å². The molecule has 0 unspecified atom stereocenters. The quantitative estimate of drug-likeness (QED) is 0.297. The van der Waals surface area contributed by atoms with E-state index >= 15 is 0 Å². The molecular formula is C23H40O8. The molecule has 8 heteroatoms. The van der Waals surface area contributed by atoms with Crippen molar-refractivity contribution in [2.75, 3.05) is 27.4 Å². The van der Waals surface area contributed by atoms with Gasteiger partial charge in [0, 0.05) is 27.1 Å². The number of esters is 2. The van der Waals surface area contributed by atoms with E-state index < -0.39 is 42.1 Å². The Balaban J connectivity index is 1.90. The minimum atomic E-state index is -1.13. The topological polar surface area (TPSA) is 89.5 Å². The van der Waals surface area contributed by atoms with Gasteiger partial charge >= 0.3 is 11.9 Å². The molecule has 0 radical (unpaired) electrons. The van der Waals surface area contributed by atoms with Crippen LogP contribution in [0.1, 0.15) is 78.1 Å². The molecule has 2 fully saturated rings. The molecule has 0 aliphatic carbocycles. The molecule has 2 aliphatic rings. The summed E-state index contributed by atoms with van der Waals surface area (Å²) in [6, 6.07) is 0. The van der Waals surface area contributed by atoms with Crippen LogP contribution in [0.25, 0.3) is 0 Å². The minimum absolute atomic E-state index is 0.319. The van der Waals surface area contributed by atoms with Crippen LogP contribution in [0.5, 0.6) is 0 Å². The van der Waals surface area contributed by atoms with Crippen molar-refractivity contribution in [2.45, 2.75) is 108 Å². The van der Waals surface area contributed by atoms with E-state index in [2.05, 4.69) is 13.8 Å². The summed E-state index contributed by atoms with van der Waals surface area (Å²) in [6.45, 7) is 4.98. The summed E-state index contributed by atoms with van der Waals surface area (Å²) >= 11 is 0. The molecule has 0 bridgehead atoms. The van der Waals surface area contributed by atoms with Crippen LogP contribution in [0.2, 0.25) is 0 Å². The summed E-state index contributed by atoms with van der Waals surface area (Å²) in [6.07, 6.45) is 5.99. The van der Waals surface area contributed by atoms with Gasteiger partial charge < -0.3 is 28.4 Å². The molecule has 2 saturated heterocycles. The summed E-state index contributed by atoms with van der Waals surface area (Å²) in [5.74, 6) is -2.04. The normalized spacial score (nSPS) is 27.0. The Morgan fingerprint density at radius 3 is 1.52 bits per heavy atom. The van der Waals surface area contributed by atoms with E-state index in [-0.39, 0.29) is 0 Å². The minimum Gasteiger partial charge on any atom is -0.464 e. The summed E-state index contributed by atoms with van der Waals surface area (Å²) in [4.78, 5) is 25.2. The van der Waals surface area contributed by atoms with Crippen molar-refractivity contribution in [1.29, 1.82) is 0 Å². The summed E-state index contributed by atoms with van der Waals surface area (Å²) in [5.41, 5.74) is 0. The maximum absolute atomic E-state index is 12.6. The predicted octanol–water partition coefficient (Wildman–Crippen LogP) is 3.54. The predicted molar refractivity (Wildman–Crippen MR) is 114 cm³/mol. The van der Waals surface area contributed by atoms with Crippen LogP contribution in [-0.4, -0.2) is 69.6 Å². The smallest absolute Gasteiger partial charge is 0.338 e. The second-order valence-corrected chi connectivity index (χ2v) is 8.40. The van der Waals surface area contributed by atoms with Crippen molar-refractivity contribution in [3.8, 4) is 0 Å². The van der Waals surface area contributed by atoms with Gasteiger partial charge in [0.1, 0.15) is 0 Å². The summed E-state index contributed by atoms with van der Waals surface area (Å²) < 4.78 is 33.8. The Bertz CT molecular complexity index is 504. The van der Waals surface area contributed by atoms with Gasteiger partial charge in [0.2, 0.25) is 0 Å². The van der Waals surface area contributed by atoms with Gasteiger partial charge in [-0.1, -0.05) is 52.4 Å². The Hall–Kier alpha value is -1.22. The van der Waals surface area contributed by atoms with E-state index in [1.807, 2.05) is 0 Å². The second-order valence-electron chi connectivity index (χ2n) is 8.40. The number of hydrogen-bond donors (Lipinski definition) is 0. The van der Waals surface area contributed by atoms with E-state index in [1.165, 1.54) is 14.2 Å². The van der Waals surface area contributed by atoms with Crippen LogP contribution < -0.4 is 0 Å². The molecule has 2 rings (SSSR count). The van der Waals surface area contributed by atoms with Crippen LogP contribution in [0, 0.1) is 0 Å². The number of ether oxygens (including phenoxy) is 6. The fourth-order valence-electron chi connectivity index (χ4n) is 4.13. The van der Waals surface area contributed by atoms with Crippen molar-refractivity contribution in [3.05, 3.63) is 0 Å². The Kier molecular flexibility index (Phi) is 11.2. The van der Waals surface area contributed by atoms with E-state index in [0.29, 0.717) is 26.1 Å². The highest BCUT2D eigenvalue weighted by molar-refractivity contribution is 5.77. The summed E-state index contributed by atoms with van der Waals surface area (Å²) in [5, 5.41) is 0. The maximum atomic E-state index is 12.6. The standard InChI is InChI=1S/C23H40O8/c1-5-7-9-11-13-28-21(24)19-17(26-3)15-23(30-19)16-18(27-4)20(31-23)22(25)29-14-12-10-8-6-2/h17-20H,5-16H2,1-4H3/t17-,18-,19+,20+,23?/m1/s1. The number of methoxy groups -OCH3 is 2. The first-order valence-corrected chi connectivity index (χ1v) is 11.7. The third kappa shape index (κ3) is 7.41. The van der Waals surface area contributed by atoms with Crippen LogP contribution in [0.4, 0.5) is 0 Å². The third-order valence-corrected chi connectivity index (χ3v) is 5.94. The molecule has 0 aromatic carbocycles. The largest absolute Gasteiger partial charge is 0.464 e. The van der Waals surface area contributed by atoms with E-state index in [9.17, 15) is 9.59 Å². The van der Waals surface area contributed by atoms with Crippen molar-refractivity contribution in [1.82, 2.24) is 0 Å². The molecule has 4 atom stereocenters. The number of carbonyl (C=O) groups is 2. The van der Waals surface area contributed by atoms with Gasteiger partial charge in [-0.05, 0) is 12.8 Å². The molecule has 180 valence electrons. The van der Waals surface area contributed by atoms with Crippen molar-refractivity contribution in [3.63, 3.8) is 0 Å². The Morgan fingerprint density at radius 2 is 1.16 bits per heavy atom. The molecular weight excluding hydrogens is 404 g/mol. The number of hydrogen-bond acceptors (Lipinski definition) is 8. The molecule has 0 N–H and O–H groups in total. The first kappa shape index (κ1) is 26.0. The van der Waals surface area contributed by atoms with Crippen LogP contribution in [0.15, 0.2) is 0 Å². The highest BCUT2D eigenvalue weighted by atomic mass is 16.8.